The Morgan fingerprint density at radius 2 is 0.633 bits per heavy atom. The first-order valence-electron chi connectivity index (χ1n) is 45.1. The molecule has 0 fully saturated rings. The van der Waals surface area contributed by atoms with Gasteiger partial charge >= 0.3 is 0 Å². The van der Waals surface area contributed by atoms with Gasteiger partial charge in [-0.15, -0.1) is 0 Å². The van der Waals surface area contributed by atoms with Crippen LogP contribution in [0, 0.1) is 36.0 Å². The molecule has 1 atom stereocenters. The van der Waals surface area contributed by atoms with Gasteiger partial charge in [0, 0.05) is 62.6 Å². The fraction of sp³-hybridized carbons (Fsp3) is 0.298. The van der Waals surface area contributed by atoms with Gasteiger partial charge in [0.25, 0.3) is 23.6 Å². The van der Waals surface area contributed by atoms with E-state index in [4.69, 9.17) is 40.4 Å². The number of nitrogens with zero attached hydrogens (tertiary/aromatic N) is 20. The van der Waals surface area contributed by atoms with Crippen LogP contribution in [-0.2, 0) is 26.2 Å². The molecule has 4 aromatic heterocycles. The van der Waals surface area contributed by atoms with Crippen LogP contribution < -0.4 is 40.9 Å². The Morgan fingerprint density at radius 1 is 0.374 bits per heavy atom. The van der Waals surface area contributed by atoms with Gasteiger partial charge in [0.1, 0.15) is 63.0 Å². The predicted molar refractivity (Wildman–Crippen MR) is 535 cm³/mol. The summed E-state index contributed by atoms with van der Waals surface area (Å²) in [5.74, 6) is 2.70. The minimum atomic E-state index is -0.982. The molecule has 0 spiro atoms. The van der Waals surface area contributed by atoms with Crippen LogP contribution in [-0.4, -0.2) is 194 Å². The summed E-state index contributed by atoms with van der Waals surface area (Å²) in [5.41, 5.74) is 12.4. The first-order valence-corrected chi connectivity index (χ1v) is 45.1. The Hall–Kier alpha value is -15.7. The first-order chi connectivity index (χ1) is 65.3. The number of guanidine groups is 4. The average molecular weight is 1890 g/mol. The van der Waals surface area contributed by atoms with Crippen molar-refractivity contribution in [1.82, 2.24) is 58.7 Å². The van der Waals surface area contributed by atoms with Crippen molar-refractivity contribution in [1.29, 1.82) is 0 Å². The second-order valence-electron chi connectivity index (χ2n) is 38.2. The van der Waals surface area contributed by atoms with Crippen molar-refractivity contribution >= 4 is 134 Å². The van der Waals surface area contributed by atoms with Gasteiger partial charge in [0.2, 0.25) is 23.8 Å². The molecule has 8 aliphatic heterocycles. The number of nitrogens with one attached hydrogen (secondary N) is 4. The molecule has 0 radical (unpaired) electrons. The second kappa shape index (κ2) is 37.1. The topological polar surface area (TPSA) is 300 Å². The lowest BCUT2D eigenvalue weighted by Crippen LogP contribution is -2.48. The Morgan fingerprint density at radius 3 is 0.899 bits per heavy atom. The number of rotatable bonds is 20. The number of halogens is 5. The fourth-order valence-electron chi connectivity index (χ4n) is 17.5. The first kappa shape index (κ1) is 96.4. The number of aliphatic hydroxyl groups is 1. The van der Waals surface area contributed by atoms with E-state index in [0.717, 1.165) is 62.2 Å². The Bertz CT molecular complexity index is 6840. The van der Waals surface area contributed by atoms with Gasteiger partial charge in [0.15, 0.2) is 40.7 Å². The standard InChI is InChI=1S/C26H26F2N6O.C26H27FN6O2.C26H27FN6O.C25H27FN6O2.CH4/c1-15(2)17-8-6-16(7-9-17)13-34-22(29-18-10-11-19(27)20(28)12-18)21-23(31-34)33-14-26(3,4)30-25(33)32(5)24(21)35;1-15-12-19(10-11-20(15)27)28-22-21-23(32-14-26(3,4)29-25(32)31(5)24(21)35)30-33(22)13-17-6-8-18(9-7-17)16(2)34;1-16(2)18-8-6-17(7-9-18)14-33-22(28-20-12-10-19(27)11-13-20)21-23(30-33)32-15-26(3,4)29-25(32)31(5)24(21)34;1-15(33)17-7-5-16(6-8-17)13-32-21(27-19-11-9-18(26)10-12-19)20-22(29-32)31-14-25(2,3)28-24(31)30(4)23(20)34;/h6-12,29H,1,13-14H2,2-5H3;6-12,28H,13-14H2,1-5H3;6-13,28H,1,14-15H2,2-5H3;5-12,15,27,33H,13-14H2,1-4H3;1H4. The SMILES string of the molecule is C.C=C(C)c1ccc(Cn2nc3c(c2Nc2ccc(F)c(F)c2)C(=O)N(C)C2=NC(C)(C)CN23)cc1.C=C(C)c1ccc(Cn2nc3c(c2Nc2ccc(F)cc2)C(=O)N(C)C2=NC(C)(C)CN23)cc1.CC(=O)c1ccc(Cn2nc3c(c2Nc2ccc(F)c(C)c2)C(=O)N(C)C2=NC(C)(C)CN23)cc1.CC(O)c1ccc(Cn2nc3c(c2Nc2ccc(F)cc2)C(=O)N(C)C2=NC(C)(C)CN23)cc1. The van der Waals surface area contributed by atoms with Crippen LogP contribution in [0.3, 0.4) is 0 Å². The summed E-state index contributed by atoms with van der Waals surface area (Å²) in [7, 11) is 6.83. The summed E-state index contributed by atoms with van der Waals surface area (Å²) in [4.78, 5) is 98.5. The van der Waals surface area contributed by atoms with Crippen molar-refractivity contribution in [3.63, 3.8) is 0 Å². The lowest BCUT2D eigenvalue weighted by molar-refractivity contribution is 0.0858. The van der Waals surface area contributed by atoms with Crippen LogP contribution in [0.4, 0.5) is 91.2 Å². The predicted octanol–water partition coefficient (Wildman–Crippen LogP) is 18.8. The van der Waals surface area contributed by atoms with Gasteiger partial charge in [-0.3, -0.25) is 63.2 Å². The van der Waals surface area contributed by atoms with E-state index in [1.54, 1.807) is 124 Å². The molecule has 0 bridgehead atoms. The van der Waals surface area contributed by atoms with E-state index in [1.165, 1.54) is 48.2 Å². The number of hydrogen-bond acceptors (Lipinski definition) is 22. The molecule has 0 saturated carbocycles. The van der Waals surface area contributed by atoms with Crippen LogP contribution in [0.2, 0.25) is 0 Å². The maximum absolute atomic E-state index is 14.0. The van der Waals surface area contributed by atoms with Crippen LogP contribution in [0.15, 0.2) is 215 Å². The van der Waals surface area contributed by atoms with Crippen molar-refractivity contribution in [2.75, 3.05) is 95.2 Å². The number of ketones is 1. The average Bonchev–Trinajstić information content (AvgIpc) is 1.59. The number of aliphatic imine (C=N–C) groups is 4. The van der Waals surface area contributed by atoms with Crippen LogP contribution >= 0.6 is 0 Å². The van der Waals surface area contributed by atoms with Crippen molar-refractivity contribution < 1.29 is 51.0 Å². The van der Waals surface area contributed by atoms with Gasteiger partial charge in [-0.1, -0.05) is 129 Å². The summed E-state index contributed by atoms with van der Waals surface area (Å²) in [6, 6.07) is 51.3. The molecule has 12 aromatic rings. The zero-order valence-electron chi connectivity index (χ0n) is 79.8. The number of aromatic nitrogens is 8. The third-order valence-corrected chi connectivity index (χ3v) is 24.7. The maximum Gasteiger partial charge on any atom is 0.267 e. The van der Waals surface area contributed by atoms with Gasteiger partial charge in [0.05, 0.1) is 80.6 Å². The number of Topliss-reactive ketones (excluding diaryl/α,β-unsaturated/α-hetero) is 1. The largest absolute Gasteiger partial charge is 0.389 e. The highest BCUT2D eigenvalue weighted by molar-refractivity contribution is 6.24. The lowest BCUT2D eigenvalue weighted by Gasteiger charge is -2.30. The maximum atomic E-state index is 14.0. The highest BCUT2D eigenvalue weighted by Gasteiger charge is 2.50. The van der Waals surface area contributed by atoms with E-state index in [-0.39, 0.29) is 76.4 Å². The van der Waals surface area contributed by atoms with Crippen molar-refractivity contribution in [2.45, 2.75) is 152 Å². The van der Waals surface area contributed by atoms with E-state index >= 15 is 0 Å². The molecule has 0 aliphatic carbocycles. The monoisotopic (exact) mass is 1890 g/mol. The number of fused-ring (bicyclic) bond motifs is 12. The summed E-state index contributed by atoms with van der Waals surface area (Å²) in [6.45, 7) is 36.9. The van der Waals surface area contributed by atoms with E-state index in [0.29, 0.717) is 179 Å². The Kier molecular flexibility index (Phi) is 25.7. The summed E-state index contributed by atoms with van der Waals surface area (Å²) < 4.78 is 75.3. The van der Waals surface area contributed by atoms with E-state index in [2.05, 4.69) is 34.4 Å². The highest BCUT2D eigenvalue weighted by Crippen LogP contribution is 2.46. The van der Waals surface area contributed by atoms with Gasteiger partial charge in [-0.05, 0) is 213 Å². The van der Waals surface area contributed by atoms with Crippen LogP contribution in [0.5, 0.6) is 0 Å². The molecule has 5 N–H and O–H groups in total. The number of hydrogen-bond donors (Lipinski definition) is 5. The molecular weight excluding hydrogens is 1780 g/mol. The number of benzene rings is 8. The lowest BCUT2D eigenvalue weighted by atomic mass is 10.1. The van der Waals surface area contributed by atoms with Gasteiger partial charge in [-0.2, -0.15) is 20.4 Å². The van der Waals surface area contributed by atoms with Crippen LogP contribution in [0.25, 0.3) is 11.1 Å². The van der Waals surface area contributed by atoms with Gasteiger partial charge < -0.3 is 26.4 Å². The Labute approximate surface area is 802 Å². The molecule has 12 heterocycles. The summed E-state index contributed by atoms with van der Waals surface area (Å²) >= 11 is 0. The minimum absolute atomic E-state index is 0. The quantitative estimate of drug-likeness (QED) is 0.0350. The fourth-order valence-corrected chi connectivity index (χ4v) is 17.5. The molecule has 139 heavy (non-hydrogen) atoms. The highest BCUT2D eigenvalue weighted by atomic mass is 19.2. The smallest absolute Gasteiger partial charge is 0.267 e. The zero-order chi connectivity index (χ0) is 98.5. The van der Waals surface area contributed by atoms with Crippen molar-refractivity contribution in [2.24, 2.45) is 20.0 Å². The van der Waals surface area contributed by atoms with E-state index < -0.39 is 17.7 Å². The van der Waals surface area contributed by atoms with E-state index in [1.807, 2.05) is 174 Å². The number of amides is 4. The molecule has 0 saturated heterocycles. The molecular formula is C104H111F5N24O6. The van der Waals surface area contributed by atoms with Crippen molar-refractivity contribution in [3.8, 4) is 0 Å². The number of carbonyl (C=O) groups is 5. The van der Waals surface area contributed by atoms with E-state index in [9.17, 15) is 51.0 Å². The van der Waals surface area contributed by atoms with Crippen molar-refractivity contribution in [3.05, 3.63) is 297 Å². The minimum Gasteiger partial charge on any atom is -0.389 e. The number of aryl methyl sites for hydroxylation is 1. The molecule has 20 rings (SSSR count). The number of carbonyl (C=O) groups excluding carboxylic acids is 5. The normalized spacial score (nSPS) is 16.4. The summed E-state index contributed by atoms with van der Waals surface area (Å²) in [6.07, 6.45) is -0.550. The molecule has 30 nitrogen and oxygen atoms in total. The third kappa shape index (κ3) is 19.4. The molecule has 8 aromatic carbocycles. The Balaban J connectivity index is 0.000000134. The van der Waals surface area contributed by atoms with Crippen LogP contribution in [0.1, 0.15) is 193 Å². The number of aliphatic hydroxyl groups excluding tert-OH is 1. The second-order valence-corrected chi connectivity index (χ2v) is 38.2. The third-order valence-electron chi connectivity index (χ3n) is 24.7. The summed E-state index contributed by atoms with van der Waals surface area (Å²) in [5, 5.41) is 42.2. The zero-order valence-corrected chi connectivity index (χ0v) is 79.8. The molecule has 4 amide bonds. The molecule has 35 heteroatoms. The van der Waals surface area contributed by atoms with Gasteiger partial charge in [-0.25, -0.2) is 60.6 Å². The number of anilines is 12. The number of allylic oxidation sites excluding steroid dienone is 2. The molecule has 1 unspecified atom stereocenters. The molecule has 718 valence electrons. The molecule has 8 aliphatic rings.